The zero-order valence-corrected chi connectivity index (χ0v) is 7.83. The van der Waals surface area contributed by atoms with E-state index in [1.54, 1.807) is 6.33 Å². The topological polar surface area (TPSA) is 54.7 Å². The fourth-order valence-corrected chi connectivity index (χ4v) is 1.34. The predicted octanol–water partition coefficient (Wildman–Crippen LogP) is 1.76. The number of H-pyrrole nitrogens is 1. The highest BCUT2D eigenvalue weighted by molar-refractivity contribution is 5.75. The third kappa shape index (κ3) is 1.42. The second kappa shape index (κ2) is 2.57. The monoisotopic (exact) mass is 175 g/mol. The number of aromatic nitrogens is 2. The molecular weight excluding hydrogens is 162 g/mol. The van der Waals surface area contributed by atoms with E-state index in [1.165, 1.54) is 0 Å². The third-order valence-corrected chi connectivity index (χ3v) is 2.16. The van der Waals surface area contributed by atoms with Gasteiger partial charge in [0, 0.05) is 5.54 Å². The molecule has 0 bridgehead atoms. The summed E-state index contributed by atoms with van der Waals surface area (Å²) in [7, 11) is 0. The van der Waals surface area contributed by atoms with Crippen molar-refractivity contribution in [1.82, 2.24) is 9.97 Å². The Morgan fingerprint density at radius 2 is 2.15 bits per heavy atom. The minimum Gasteiger partial charge on any atom is -0.345 e. The first kappa shape index (κ1) is 8.26. The number of aromatic amines is 1. The number of nitrogens with one attached hydrogen (secondary N) is 1. The second-order valence-corrected chi connectivity index (χ2v) is 3.86. The highest BCUT2D eigenvalue weighted by Crippen LogP contribution is 2.20. The zero-order valence-electron chi connectivity index (χ0n) is 7.83. The smallest absolute Gasteiger partial charge is 0.0931 e. The first-order chi connectivity index (χ1) is 6.07. The molecule has 0 spiro atoms. The lowest BCUT2D eigenvalue weighted by molar-refractivity contribution is 0.555. The summed E-state index contributed by atoms with van der Waals surface area (Å²) in [5, 5.41) is 0. The molecule has 0 aliphatic carbocycles. The molecular formula is C10H13N3. The molecule has 2 rings (SSSR count). The van der Waals surface area contributed by atoms with Gasteiger partial charge in [-0.25, -0.2) is 4.98 Å². The van der Waals surface area contributed by atoms with Crippen LogP contribution in [0.1, 0.15) is 19.4 Å². The van der Waals surface area contributed by atoms with Crippen molar-refractivity contribution >= 4 is 11.0 Å². The second-order valence-electron chi connectivity index (χ2n) is 3.86. The van der Waals surface area contributed by atoms with Gasteiger partial charge in [0.25, 0.3) is 0 Å². The van der Waals surface area contributed by atoms with E-state index < -0.39 is 0 Å². The van der Waals surface area contributed by atoms with E-state index in [4.69, 9.17) is 5.73 Å². The maximum Gasteiger partial charge on any atom is 0.0931 e. The van der Waals surface area contributed by atoms with E-state index in [-0.39, 0.29) is 5.54 Å². The van der Waals surface area contributed by atoms with Gasteiger partial charge in [0.15, 0.2) is 0 Å². The van der Waals surface area contributed by atoms with Crippen LogP contribution in [-0.2, 0) is 5.54 Å². The number of nitrogens with zero attached hydrogens (tertiary/aromatic N) is 1. The number of hydrogen-bond acceptors (Lipinski definition) is 2. The van der Waals surface area contributed by atoms with Crippen LogP contribution in [-0.4, -0.2) is 9.97 Å². The van der Waals surface area contributed by atoms with Crippen molar-refractivity contribution in [2.24, 2.45) is 5.73 Å². The van der Waals surface area contributed by atoms with Gasteiger partial charge >= 0.3 is 0 Å². The molecule has 0 saturated heterocycles. The van der Waals surface area contributed by atoms with Crippen molar-refractivity contribution < 1.29 is 0 Å². The van der Waals surface area contributed by atoms with Crippen molar-refractivity contribution in [3.63, 3.8) is 0 Å². The Balaban J connectivity index is 2.61. The molecule has 0 aliphatic heterocycles. The van der Waals surface area contributed by atoms with Gasteiger partial charge in [0.05, 0.1) is 17.4 Å². The average molecular weight is 175 g/mol. The van der Waals surface area contributed by atoms with Crippen LogP contribution in [0.4, 0.5) is 0 Å². The highest BCUT2D eigenvalue weighted by Gasteiger charge is 2.14. The number of imidazole rings is 1. The fraction of sp³-hybridized carbons (Fsp3) is 0.300. The van der Waals surface area contributed by atoms with Gasteiger partial charge in [-0.1, -0.05) is 6.07 Å². The SMILES string of the molecule is CC(C)(N)c1ccc2nc[nH]c2c1. The molecule has 0 saturated carbocycles. The summed E-state index contributed by atoms with van der Waals surface area (Å²) in [6.45, 7) is 3.98. The molecule has 0 fully saturated rings. The Kier molecular flexibility index (Phi) is 1.63. The first-order valence-corrected chi connectivity index (χ1v) is 4.30. The first-order valence-electron chi connectivity index (χ1n) is 4.30. The van der Waals surface area contributed by atoms with Crippen LogP contribution in [0.25, 0.3) is 11.0 Å². The molecule has 13 heavy (non-hydrogen) atoms. The van der Waals surface area contributed by atoms with Crippen LogP contribution in [0.2, 0.25) is 0 Å². The molecule has 0 amide bonds. The van der Waals surface area contributed by atoms with Crippen LogP contribution < -0.4 is 5.73 Å². The average Bonchev–Trinajstić information content (AvgIpc) is 2.47. The number of fused-ring (bicyclic) bond motifs is 1. The van der Waals surface area contributed by atoms with E-state index in [9.17, 15) is 0 Å². The molecule has 0 radical (unpaired) electrons. The van der Waals surface area contributed by atoms with Crippen LogP contribution in [0.15, 0.2) is 24.5 Å². The van der Waals surface area contributed by atoms with Crippen LogP contribution in [0.3, 0.4) is 0 Å². The minimum absolute atomic E-state index is 0.292. The highest BCUT2D eigenvalue weighted by atomic mass is 14.9. The van der Waals surface area contributed by atoms with Crippen molar-refractivity contribution in [2.45, 2.75) is 19.4 Å². The normalized spacial score (nSPS) is 12.2. The van der Waals surface area contributed by atoms with Gasteiger partial charge in [0.2, 0.25) is 0 Å². The summed E-state index contributed by atoms with van der Waals surface area (Å²) in [6, 6.07) is 6.04. The maximum atomic E-state index is 5.98. The molecule has 68 valence electrons. The Bertz CT molecular complexity index is 423. The van der Waals surface area contributed by atoms with E-state index in [2.05, 4.69) is 9.97 Å². The van der Waals surface area contributed by atoms with Gasteiger partial charge in [-0.05, 0) is 31.5 Å². The summed E-state index contributed by atoms with van der Waals surface area (Å²) in [5.41, 5.74) is 8.82. The molecule has 0 unspecified atom stereocenters. The zero-order chi connectivity index (χ0) is 9.47. The molecule has 1 heterocycles. The lowest BCUT2D eigenvalue weighted by atomic mass is 9.95. The standard InChI is InChI=1S/C10H13N3/c1-10(2,11)7-3-4-8-9(5-7)13-6-12-8/h3-6H,11H2,1-2H3,(H,12,13). The molecule has 0 aliphatic rings. The van der Waals surface area contributed by atoms with Gasteiger partial charge in [0.1, 0.15) is 0 Å². The molecule has 1 aromatic heterocycles. The Labute approximate surface area is 77.0 Å². The van der Waals surface area contributed by atoms with Gasteiger partial charge in [-0.15, -0.1) is 0 Å². The van der Waals surface area contributed by atoms with E-state index >= 15 is 0 Å². The summed E-state index contributed by atoms with van der Waals surface area (Å²) in [5.74, 6) is 0. The lowest BCUT2D eigenvalue weighted by Gasteiger charge is -2.18. The molecule has 3 heteroatoms. The molecule has 3 N–H and O–H groups in total. The van der Waals surface area contributed by atoms with Crippen molar-refractivity contribution in [2.75, 3.05) is 0 Å². The van der Waals surface area contributed by atoms with E-state index in [1.807, 2.05) is 32.0 Å². The summed E-state index contributed by atoms with van der Waals surface area (Å²) < 4.78 is 0. The van der Waals surface area contributed by atoms with Gasteiger partial charge < -0.3 is 10.7 Å². The minimum atomic E-state index is -0.292. The van der Waals surface area contributed by atoms with Crippen molar-refractivity contribution in [1.29, 1.82) is 0 Å². The Hall–Kier alpha value is -1.35. The van der Waals surface area contributed by atoms with E-state index in [0.717, 1.165) is 16.6 Å². The quantitative estimate of drug-likeness (QED) is 0.693. The number of hydrogen-bond donors (Lipinski definition) is 2. The van der Waals surface area contributed by atoms with E-state index in [0.29, 0.717) is 0 Å². The maximum absolute atomic E-state index is 5.98. The van der Waals surface area contributed by atoms with Crippen LogP contribution >= 0.6 is 0 Å². The number of benzene rings is 1. The molecule has 3 nitrogen and oxygen atoms in total. The van der Waals surface area contributed by atoms with Crippen LogP contribution in [0.5, 0.6) is 0 Å². The largest absolute Gasteiger partial charge is 0.345 e. The van der Waals surface area contributed by atoms with Crippen LogP contribution in [0, 0.1) is 0 Å². The Morgan fingerprint density at radius 3 is 2.85 bits per heavy atom. The number of nitrogens with two attached hydrogens (primary N) is 1. The number of rotatable bonds is 1. The summed E-state index contributed by atoms with van der Waals surface area (Å²) in [4.78, 5) is 7.21. The molecule has 0 atom stereocenters. The summed E-state index contributed by atoms with van der Waals surface area (Å²) in [6.07, 6.45) is 1.69. The molecule has 2 aromatic rings. The van der Waals surface area contributed by atoms with Gasteiger partial charge in [-0.3, -0.25) is 0 Å². The van der Waals surface area contributed by atoms with Crippen molar-refractivity contribution in [3.8, 4) is 0 Å². The summed E-state index contributed by atoms with van der Waals surface area (Å²) >= 11 is 0. The molecule has 1 aromatic carbocycles. The lowest BCUT2D eigenvalue weighted by Crippen LogP contribution is -2.28. The third-order valence-electron chi connectivity index (χ3n) is 2.16. The fourth-order valence-electron chi connectivity index (χ4n) is 1.34. The Morgan fingerprint density at radius 1 is 1.38 bits per heavy atom. The van der Waals surface area contributed by atoms with Gasteiger partial charge in [-0.2, -0.15) is 0 Å². The van der Waals surface area contributed by atoms with Crippen molar-refractivity contribution in [3.05, 3.63) is 30.1 Å². The predicted molar refractivity (Wildman–Crippen MR) is 53.3 cm³/mol.